The molecule has 24 nitrogen and oxygen atoms in total. The van der Waals surface area contributed by atoms with Crippen molar-refractivity contribution >= 4 is 73.7 Å². The van der Waals surface area contributed by atoms with Crippen LogP contribution < -0.4 is 25.4 Å². The molecule has 0 saturated carbocycles. The molecule has 88 heavy (non-hydrogen) atoms. The van der Waals surface area contributed by atoms with Gasteiger partial charge in [0.05, 0.1) is 25.8 Å². The number of phosphoric acid groups is 2. The summed E-state index contributed by atoms with van der Waals surface area (Å²) >= 11 is 0. The van der Waals surface area contributed by atoms with Crippen LogP contribution in [0.15, 0.2) is 118 Å². The summed E-state index contributed by atoms with van der Waals surface area (Å²) in [5, 5.41) is 26.7. The van der Waals surface area contributed by atoms with E-state index in [2.05, 4.69) is 29.7 Å². The number of carbonyl (C=O) groups excluding carboxylic acids is 4. The second-order valence-corrected chi connectivity index (χ2v) is 23.5. The maximum Gasteiger partial charge on any atom is 0.524 e. The van der Waals surface area contributed by atoms with E-state index >= 15 is 0 Å². The van der Waals surface area contributed by atoms with Crippen molar-refractivity contribution < 1.29 is 103 Å². The Hall–Kier alpha value is -10.4. The first-order valence-corrected chi connectivity index (χ1v) is 31.2. The number of nitrogens with zero attached hydrogens (tertiary/aromatic N) is 3. The van der Waals surface area contributed by atoms with Gasteiger partial charge in [-0.05, 0) is 114 Å². The van der Waals surface area contributed by atoms with Crippen LogP contribution in [-0.4, -0.2) is 149 Å². The zero-order valence-electron chi connectivity index (χ0n) is 46.9. The Labute approximate surface area is 503 Å². The number of methoxy groups -OCH3 is 1. The molecule has 5 aromatic carbocycles. The SMILES string of the molecule is COC(=O)COCCc1cc(COC(=O)NCCCC(N=Cc2cc(OP(=O)(O)O)ccc2O)C(CCCN)N=Cc2cc(OP(=O)(O)O)ccc2O)ccc1SSCC(NC(=O)OCC1c2ccccc2-c2ccccc21)C(=O)N(C)C.[Cu].[Fm].[Fm].[Fm].[Fm]. The second-order valence-electron chi connectivity index (χ2n) is 18.8. The van der Waals surface area contributed by atoms with Gasteiger partial charge in [0.2, 0.25) is 5.91 Å². The van der Waals surface area contributed by atoms with Crippen molar-refractivity contribution in [1.82, 2.24) is 15.5 Å². The minimum absolute atomic E-state index is 0. The van der Waals surface area contributed by atoms with E-state index in [1.54, 1.807) is 20.2 Å². The van der Waals surface area contributed by atoms with E-state index in [0.717, 1.165) is 50.9 Å². The zero-order valence-corrected chi connectivity index (χ0v) is 60.9. The van der Waals surface area contributed by atoms with Crippen LogP contribution in [0.3, 0.4) is 0 Å². The average molecular weight is 2320 g/mol. The molecule has 0 heterocycles. The number of amides is 3. The molecule has 3 atom stereocenters. The number of fused-ring (bicyclic) bond motifs is 3. The number of nitrogens with two attached hydrogens (primary N) is 1. The molecule has 0 aliphatic heterocycles. The first kappa shape index (κ1) is 75.6. The van der Waals surface area contributed by atoms with E-state index in [-0.39, 0.29) is 121 Å². The van der Waals surface area contributed by atoms with E-state index in [9.17, 15) is 58.1 Å². The number of aromatic hydroxyl groups is 2. The predicted octanol–water partition coefficient (Wildman–Crippen LogP) is 7.23. The van der Waals surface area contributed by atoms with Gasteiger partial charge in [-0.15, -0.1) is 0 Å². The van der Waals surface area contributed by atoms with Crippen molar-refractivity contribution in [2.45, 2.75) is 67.6 Å². The molecule has 6 rings (SSSR count). The van der Waals surface area contributed by atoms with E-state index < -0.39 is 51.9 Å². The summed E-state index contributed by atoms with van der Waals surface area (Å²) in [4.78, 5) is 100. The van der Waals surface area contributed by atoms with Crippen molar-refractivity contribution in [3.05, 3.63) is 137 Å². The summed E-state index contributed by atoms with van der Waals surface area (Å²) in [7, 11) is -2.77. The largest absolute Gasteiger partial charge is 0.524 e. The Morgan fingerprint density at radius 3 is 1.81 bits per heavy atom. The number of alkyl carbamates (subject to hydrolysis) is 2. The van der Waals surface area contributed by atoms with E-state index in [1.807, 2.05) is 60.7 Å². The van der Waals surface area contributed by atoms with Crippen LogP contribution in [0.1, 0.15) is 65.0 Å². The summed E-state index contributed by atoms with van der Waals surface area (Å²) in [5.74, 6) is -1.96. The van der Waals surface area contributed by atoms with Gasteiger partial charge in [0.1, 0.15) is 48.9 Å². The first-order valence-electron chi connectivity index (χ1n) is 25.8. The topological polar surface area (TPSA) is 357 Å². The molecule has 0 fully saturated rings. The minimum Gasteiger partial charge on any atom is -0.507 e. The van der Waals surface area contributed by atoms with Crippen molar-refractivity contribution in [2.24, 2.45) is 15.7 Å². The van der Waals surface area contributed by atoms with Gasteiger partial charge in [-0.2, -0.15) is 0 Å². The van der Waals surface area contributed by atoms with Gasteiger partial charge < -0.3 is 59.5 Å². The Morgan fingerprint density at radius 2 is 1.28 bits per heavy atom. The van der Waals surface area contributed by atoms with Crippen LogP contribution in [-0.2, 0) is 67.8 Å². The maximum absolute atomic E-state index is 13.4. The fraction of sp³-hybridized carbons (Fsp3) is 0.345. The molecule has 1 aliphatic carbocycles. The Balaban J connectivity index is 0.00000774. The van der Waals surface area contributed by atoms with Crippen LogP contribution in [0.25, 0.3) is 11.1 Å². The predicted molar refractivity (Wildman–Crippen MR) is 312 cm³/mol. The first-order chi connectivity index (χ1) is 39.6. The van der Waals surface area contributed by atoms with Gasteiger partial charge in [-0.1, -0.05) is 82.3 Å². The molecule has 0 spiro atoms. The number of aliphatic imine (C=N–C) groups is 2. The van der Waals surface area contributed by atoms with Crippen LogP contribution >= 0.6 is 37.2 Å². The second kappa shape index (κ2) is 35.8. The van der Waals surface area contributed by atoms with Gasteiger partial charge in [-0.3, -0.25) is 34.4 Å². The minimum atomic E-state index is -4.96. The molecule has 3 amide bonds. The molecule has 1 aliphatic rings. The van der Waals surface area contributed by atoms with Crippen molar-refractivity contribution in [2.75, 3.05) is 59.9 Å². The number of likely N-dealkylation sites (N-methyl/N-ethyl adjacent to an activating group) is 1. The number of phenols is 2. The molecule has 10 N–H and O–H groups in total. The van der Waals surface area contributed by atoms with Gasteiger partial charge in [0.25, 0.3) is 0 Å². The van der Waals surface area contributed by atoms with Crippen LogP contribution in [0.2, 0.25) is 0 Å². The fourth-order valence-corrected chi connectivity index (χ4v) is 11.8. The summed E-state index contributed by atoms with van der Waals surface area (Å²) in [5.41, 5.74) is 11.6. The normalized spacial score (nSPS) is 12.6. The fourth-order valence-electron chi connectivity index (χ4n) is 8.60. The quantitative estimate of drug-likeness (QED) is 0.00402. The number of nitrogens with one attached hydrogen (secondary N) is 2. The summed E-state index contributed by atoms with van der Waals surface area (Å²) in [6.45, 7) is 0.130. The van der Waals surface area contributed by atoms with E-state index in [4.69, 9.17) is 24.7 Å². The average Bonchev–Trinajstić information content (AvgIpc) is 3.04. The van der Waals surface area contributed by atoms with Crippen LogP contribution in [0.4, 0.5) is 9.59 Å². The summed E-state index contributed by atoms with van der Waals surface area (Å²) < 4.78 is 54.0. The standard InChI is InChI=1S/C55H66N6O18P2S2.Cu.4Fm/c1-61(2)53(65)48(60-55(67)77-32-45-43-12-6-4-10-41(43)42-11-5-7-13-44(42)45)34-82-83-51-21-16-35(26-36(51)22-25-75-33-52(64)74-3)31-76-54(66)57-24-9-15-47(59-30-38-28-40(18-20-50(38)63)79-81(71,72)73)46(14-8-23-56)58-29-37-27-39(17-19-49(37)62)78-80(68,69)70;;;;;/h4-7,10-13,16-21,26-30,45-48,62-63H,8-9,14-15,22-25,31-34,56H2,1-3H3,(H,57,66)(H,60,67)(H2,68,69,70)(H2,71,72,73);;;;;. The number of benzene rings is 5. The van der Waals surface area contributed by atoms with E-state index in [1.165, 1.54) is 64.2 Å². The van der Waals surface area contributed by atoms with Crippen molar-refractivity contribution in [3.63, 3.8) is 0 Å². The maximum atomic E-state index is 13.4. The molecule has 0 bridgehead atoms. The number of carbonyl (C=O) groups is 4. The number of hydrogen-bond donors (Lipinski definition) is 9. The molecule has 505 valence electrons. The van der Waals surface area contributed by atoms with Crippen molar-refractivity contribution in [3.8, 4) is 34.1 Å². The van der Waals surface area contributed by atoms with Gasteiger partial charge in [0, 0.05) is 77.8 Å². The third-order valence-electron chi connectivity index (χ3n) is 12.6. The molecule has 1 radical (unpaired) electrons. The number of hydrogen-bond acceptors (Lipinski definition) is 19. The number of phosphoric ester groups is 2. The van der Waals surface area contributed by atoms with Crippen LogP contribution in [0, 0.1) is 0 Å². The number of esters is 1. The zero-order chi connectivity index (χ0) is 60.1. The van der Waals surface area contributed by atoms with Crippen molar-refractivity contribution in [1.29, 1.82) is 0 Å². The molecule has 5 aromatic rings. The summed E-state index contributed by atoms with van der Waals surface area (Å²) in [6.07, 6.45) is 2.71. The van der Waals surface area contributed by atoms with Gasteiger partial charge in [0.15, 0.2) is 0 Å². The number of rotatable bonds is 31. The molecule has 3 unspecified atom stereocenters. The Morgan fingerprint density at radius 1 is 0.739 bits per heavy atom. The molecular weight excluding hydrogens is 2250 g/mol. The molecule has 0 saturated heterocycles. The monoisotopic (exact) mass is 2320 g/mol. The van der Waals surface area contributed by atoms with Gasteiger partial charge >= 0.3 is 33.8 Å². The van der Waals surface area contributed by atoms with Gasteiger partial charge in [-0.25, -0.2) is 23.5 Å². The Bertz CT molecular complexity index is 3180. The smallest absolute Gasteiger partial charge is 0.507 e. The summed E-state index contributed by atoms with van der Waals surface area (Å²) in [6, 6.07) is 26.0. The number of ether oxygens (including phenoxy) is 4. The molecular formula is C55H66CuFm4N6O18P2S2. The van der Waals surface area contributed by atoms with Crippen LogP contribution in [0.5, 0.6) is 23.0 Å². The molecule has 0 aromatic heterocycles. The Kier molecular flexibility index (Phi) is 30.7. The third kappa shape index (κ3) is 23.2. The van der Waals surface area contributed by atoms with E-state index in [0.29, 0.717) is 24.8 Å². The number of phenolic OH excluding ortho intramolecular Hbond substituents is 2. The molecule has 33 heteroatoms. The third-order valence-corrected chi connectivity index (χ3v) is 15.9.